The van der Waals surface area contributed by atoms with E-state index >= 15 is 0 Å². The van der Waals surface area contributed by atoms with Crippen molar-refractivity contribution in [1.82, 2.24) is 9.97 Å². The lowest BCUT2D eigenvalue weighted by molar-refractivity contribution is 0.434. The Hall–Kier alpha value is -1.16. The van der Waals surface area contributed by atoms with Crippen LogP contribution in [0.4, 0.5) is 5.95 Å². The summed E-state index contributed by atoms with van der Waals surface area (Å²) in [7, 11) is 0. The molecular weight excluding hydrogens is 224 g/mol. The topological polar surface area (TPSA) is 55.0 Å². The van der Waals surface area contributed by atoms with Crippen molar-refractivity contribution < 1.29 is 0 Å². The minimum Gasteiger partial charge on any atom is -0.341 e. The Morgan fingerprint density at radius 2 is 2.00 bits per heavy atom. The van der Waals surface area contributed by atoms with Crippen LogP contribution in [0, 0.1) is 5.92 Å². The molecule has 1 aromatic heterocycles. The quantitative estimate of drug-likeness (QED) is 0.862. The van der Waals surface area contributed by atoms with E-state index < -0.39 is 0 Å². The molecule has 0 aromatic carbocycles. The number of anilines is 1. The molecular formula is C14H22N4. The van der Waals surface area contributed by atoms with Gasteiger partial charge in [0.05, 0.1) is 5.69 Å². The van der Waals surface area contributed by atoms with Gasteiger partial charge in [0.1, 0.15) is 0 Å². The SMILES string of the molecule is CC1CCN(c2nc(CN)c3c(n2)CCC3)CC1. The summed E-state index contributed by atoms with van der Waals surface area (Å²) in [6.07, 6.45) is 5.91. The largest absolute Gasteiger partial charge is 0.341 e. The second-order valence-corrected chi connectivity index (χ2v) is 5.62. The highest BCUT2D eigenvalue weighted by molar-refractivity contribution is 5.39. The fourth-order valence-electron chi connectivity index (χ4n) is 3.01. The molecule has 4 nitrogen and oxygen atoms in total. The van der Waals surface area contributed by atoms with Crippen LogP contribution in [0.15, 0.2) is 0 Å². The number of aromatic nitrogens is 2. The van der Waals surface area contributed by atoms with Crippen LogP contribution in [0.1, 0.15) is 43.1 Å². The van der Waals surface area contributed by atoms with Gasteiger partial charge in [-0.3, -0.25) is 0 Å². The molecule has 3 rings (SSSR count). The van der Waals surface area contributed by atoms with Gasteiger partial charge in [-0.2, -0.15) is 0 Å². The Bertz CT molecular complexity index is 436. The summed E-state index contributed by atoms with van der Waals surface area (Å²) in [6, 6.07) is 0. The Balaban J connectivity index is 1.88. The van der Waals surface area contributed by atoms with E-state index in [1.807, 2.05) is 0 Å². The summed E-state index contributed by atoms with van der Waals surface area (Å²) < 4.78 is 0. The van der Waals surface area contributed by atoms with Crippen LogP contribution in [-0.2, 0) is 19.4 Å². The lowest BCUT2D eigenvalue weighted by atomic mass is 10.00. The van der Waals surface area contributed by atoms with Gasteiger partial charge >= 0.3 is 0 Å². The third-order valence-corrected chi connectivity index (χ3v) is 4.27. The van der Waals surface area contributed by atoms with Crippen LogP contribution < -0.4 is 10.6 Å². The zero-order chi connectivity index (χ0) is 12.5. The molecule has 1 fully saturated rings. The number of nitrogens with zero attached hydrogens (tertiary/aromatic N) is 3. The van der Waals surface area contributed by atoms with Crippen molar-refractivity contribution in [3.8, 4) is 0 Å². The second kappa shape index (κ2) is 4.84. The zero-order valence-electron chi connectivity index (χ0n) is 11.2. The van der Waals surface area contributed by atoms with Gasteiger partial charge in [0.15, 0.2) is 0 Å². The highest BCUT2D eigenvalue weighted by Crippen LogP contribution is 2.27. The van der Waals surface area contributed by atoms with Crippen molar-refractivity contribution in [2.24, 2.45) is 11.7 Å². The number of aryl methyl sites for hydroxylation is 1. The predicted molar refractivity (Wildman–Crippen MR) is 72.6 cm³/mol. The molecule has 0 unspecified atom stereocenters. The molecule has 0 atom stereocenters. The first-order valence-electron chi connectivity index (χ1n) is 7.11. The highest BCUT2D eigenvalue weighted by Gasteiger charge is 2.23. The Morgan fingerprint density at radius 1 is 1.22 bits per heavy atom. The Morgan fingerprint density at radius 3 is 2.72 bits per heavy atom. The summed E-state index contributed by atoms with van der Waals surface area (Å²) in [5.74, 6) is 1.76. The normalized spacial score (nSPS) is 20.2. The molecule has 0 bridgehead atoms. The van der Waals surface area contributed by atoms with Gasteiger partial charge in [-0.25, -0.2) is 9.97 Å². The van der Waals surface area contributed by atoms with Gasteiger partial charge in [-0.15, -0.1) is 0 Å². The molecule has 1 aromatic rings. The molecule has 1 aliphatic carbocycles. The zero-order valence-corrected chi connectivity index (χ0v) is 11.2. The lowest BCUT2D eigenvalue weighted by Gasteiger charge is -2.30. The molecule has 98 valence electrons. The first kappa shape index (κ1) is 11.9. The van der Waals surface area contributed by atoms with Gasteiger partial charge in [0.25, 0.3) is 0 Å². The van der Waals surface area contributed by atoms with E-state index in [0.29, 0.717) is 6.54 Å². The number of piperidine rings is 1. The van der Waals surface area contributed by atoms with E-state index in [9.17, 15) is 0 Å². The number of nitrogens with two attached hydrogens (primary N) is 1. The van der Waals surface area contributed by atoms with Crippen LogP contribution in [0.3, 0.4) is 0 Å². The van der Waals surface area contributed by atoms with Crippen molar-refractivity contribution in [2.75, 3.05) is 18.0 Å². The molecule has 0 radical (unpaired) electrons. The van der Waals surface area contributed by atoms with Crippen molar-refractivity contribution in [2.45, 2.75) is 45.6 Å². The molecule has 2 heterocycles. The number of hydrogen-bond donors (Lipinski definition) is 1. The summed E-state index contributed by atoms with van der Waals surface area (Å²) in [6.45, 7) is 5.04. The van der Waals surface area contributed by atoms with Gasteiger partial charge < -0.3 is 10.6 Å². The first-order chi connectivity index (χ1) is 8.78. The summed E-state index contributed by atoms with van der Waals surface area (Å²) >= 11 is 0. The molecule has 0 amide bonds. The van der Waals surface area contributed by atoms with Gasteiger partial charge in [0, 0.05) is 25.3 Å². The molecule has 18 heavy (non-hydrogen) atoms. The smallest absolute Gasteiger partial charge is 0.225 e. The van der Waals surface area contributed by atoms with Crippen LogP contribution in [0.25, 0.3) is 0 Å². The second-order valence-electron chi connectivity index (χ2n) is 5.62. The Labute approximate surface area is 109 Å². The highest BCUT2D eigenvalue weighted by atomic mass is 15.3. The van der Waals surface area contributed by atoms with E-state index in [-0.39, 0.29) is 0 Å². The number of fused-ring (bicyclic) bond motifs is 1. The van der Waals surface area contributed by atoms with Crippen LogP contribution in [0.5, 0.6) is 0 Å². The van der Waals surface area contributed by atoms with Gasteiger partial charge in [0.2, 0.25) is 5.95 Å². The standard InChI is InChI=1S/C14H22N4/c1-10-5-7-18(8-6-10)14-16-12-4-2-3-11(12)13(9-15)17-14/h10H,2-9,15H2,1H3. The lowest BCUT2D eigenvalue weighted by Crippen LogP contribution is -2.34. The molecule has 2 N–H and O–H groups in total. The van der Waals surface area contributed by atoms with E-state index in [4.69, 9.17) is 15.7 Å². The monoisotopic (exact) mass is 246 g/mol. The predicted octanol–water partition coefficient (Wildman–Crippen LogP) is 1.66. The van der Waals surface area contributed by atoms with Crippen molar-refractivity contribution >= 4 is 5.95 Å². The molecule has 0 spiro atoms. The van der Waals surface area contributed by atoms with Crippen LogP contribution in [0.2, 0.25) is 0 Å². The fraction of sp³-hybridized carbons (Fsp3) is 0.714. The van der Waals surface area contributed by atoms with Gasteiger partial charge in [-0.1, -0.05) is 6.92 Å². The molecule has 1 aliphatic heterocycles. The maximum Gasteiger partial charge on any atom is 0.225 e. The molecule has 4 heteroatoms. The fourth-order valence-corrected chi connectivity index (χ4v) is 3.01. The van der Waals surface area contributed by atoms with E-state index in [2.05, 4.69) is 11.8 Å². The third-order valence-electron chi connectivity index (χ3n) is 4.27. The Kier molecular flexibility index (Phi) is 3.20. The molecule has 0 saturated carbocycles. The van der Waals surface area contributed by atoms with Crippen LogP contribution in [-0.4, -0.2) is 23.1 Å². The minimum absolute atomic E-state index is 0.544. The number of rotatable bonds is 2. The summed E-state index contributed by atoms with van der Waals surface area (Å²) in [5, 5.41) is 0. The third kappa shape index (κ3) is 2.09. The first-order valence-corrected chi connectivity index (χ1v) is 7.11. The van der Waals surface area contributed by atoms with E-state index in [1.54, 1.807) is 0 Å². The summed E-state index contributed by atoms with van der Waals surface area (Å²) in [5.41, 5.74) is 9.48. The van der Waals surface area contributed by atoms with Crippen molar-refractivity contribution in [1.29, 1.82) is 0 Å². The van der Waals surface area contributed by atoms with E-state index in [0.717, 1.165) is 43.5 Å². The maximum atomic E-state index is 5.83. The van der Waals surface area contributed by atoms with E-state index in [1.165, 1.54) is 30.5 Å². The molecule has 1 saturated heterocycles. The summed E-state index contributed by atoms with van der Waals surface area (Å²) in [4.78, 5) is 11.8. The number of hydrogen-bond acceptors (Lipinski definition) is 4. The average Bonchev–Trinajstić information content (AvgIpc) is 2.86. The van der Waals surface area contributed by atoms with Crippen molar-refractivity contribution in [3.05, 3.63) is 17.0 Å². The van der Waals surface area contributed by atoms with Gasteiger partial charge in [-0.05, 0) is 43.6 Å². The molecule has 2 aliphatic rings. The van der Waals surface area contributed by atoms with Crippen molar-refractivity contribution in [3.63, 3.8) is 0 Å². The maximum absolute atomic E-state index is 5.83. The average molecular weight is 246 g/mol. The minimum atomic E-state index is 0.544. The van der Waals surface area contributed by atoms with Crippen LogP contribution >= 0.6 is 0 Å².